The zero-order chi connectivity index (χ0) is 26.4. The smallest absolute Gasteiger partial charge is 0.313 e. The number of nitrogens with two attached hydrogens (primary N) is 1. The first kappa shape index (κ1) is 26.2. The van der Waals surface area contributed by atoms with Crippen LogP contribution in [-0.2, 0) is 28.9 Å². The third kappa shape index (κ3) is 6.89. The highest BCUT2D eigenvalue weighted by Crippen LogP contribution is 2.25. The average molecular weight is 501 g/mol. The predicted molar refractivity (Wildman–Crippen MR) is 146 cm³/mol. The maximum absolute atomic E-state index is 14.6. The van der Waals surface area contributed by atoms with Gasteiger partial charge in [-0.05, 0) is 68.0 Å². The molecule has 1 aliphatic rings. The Kier molecular flexibility index (Phi) is 8.14. The highest BCUT2D eigenvalue weighted by molar-refractivity contribution is 6.01. The second-order valence-electron chi connectivity index (χ2n) is 10.3. The molecule has 0 spiro atoms. The normalized spacial score (nSPS) is 14.2. The van der Waals surface area contributed by atoms with E-state index in [1.807, 2.05) is 30.3 Å². The monoisotopic (exact) mass is 500 g/mol. The van der Waals surface area contributed by atoms with Gasteiger partial charge in [0.25, 0.3) is 0 Å². The van der Waals surface area contributed by atoms with Crippen molar-refractivity contribution in [1.82, 2.24) is 5.32 Å². The number of ether oxygens (including phenoxy) is 1. The van der Waals surface area contributed by atoms with Crippen molar-refractivity contribution in [2.45, 2.75) is 46.2 Å². The van der Waals surface area contributed by atoms with Crippen molar-refractivity contribution < 1.29 is 13.9 Å². The standard InChI is InChI=1S/C30H33FN4O2/c1-30(2,3)29(36)37-19-33-18-35-28(32)21-10-8-20(9-11-21)24-12-13-27(31)25(14-24)17-34-26-15-22-6-4-5-7-23(22)16-26/h4-14,18,26,34H,15-17,19H2,1-3H3,(H2,32,33,35). The lowest BCUT2D eigenvalue weighted by Crippen LogP contribution is -2.29. The van der Waals surface area contributed by atoms with Crippen molar-refractivity contribution in [2.75, 3.05) is 6.73 Å². The Balaban J connectivity index is 1.35. The van der Waals surface area contributed by atoms with Crippen molar-refractivity contribution in [1.29, 1.82) is 0 Å². The average Bonchev–Trinajstić information content (AvgIpc) is 3.30. The zero-order valence-corrected chi connectivity index (χ0v) is 21.5. The largest absolute Gasteiger partial charge is 0.442 e. The number of amidine groups is 1. The molecule has 0 fully saturated rings. The Morgan fingerprint density at radius 1 is 1.05 bits per heavy atom. The summed E-state index contributed by atoms with van der Waals surface area (Å²) >= 11 is 0. The SMILES string of the molecule is CC(C)(C)C(=O)OC/N=C/N=C(N)c1ccc(-c2ccc(F)c(CNC3Cc4ccccc4C3)c2)cc1. The van der Waals surface area contributed by atoms with E-state index >= 15 is 0 Å². The highest BCUT2D eigenvalue weighted by atomic mass is 19.1. The van der Waals surface area contributed by atoms with Crippen LogP contribution in [-0.4, -0.2) is 30.9 Å². The van der Waals surface area contributed by atoms with E-state index < -0.39 is 5.41 Å². The summed E-state index contributed by atoms with van der Waals surface area (Å²) in [7, 11) is 0. The van der Waals surface area contributed by atoms with E-state index in [0.29, 0.717) is 24.0 Å². The molecular formula is C30H33FN4O2. The van der Waals surface area contributed by atoms with E-state index in [1.165, 1.54) is 23.5 Å². The molecule has 6 nitrogen and oxygen atoms in total. The zero-order valence-electron chi connectivity index (χ0n) is 21.5. The Morgan fingerprint density at radius 3 is 2.35 bits per heavy atom. The van der Waals surface area contributed by atoms with Crippen LogP contribution in [0.3, 0.4) is 0 Å². The van der Waals surface area contributed by atoms with E-state index in [2.05, 4.69) is 39.6 Å². The second kappa shape index (κ2) is 11.5. The van der Waals surface area contributed by atoms with E-state index in [9.17, 15) is 9.18 Å². The minimum absolute atomic E-state index is 0.110. The number of nitrogens with zero attached hydrogens (tertiary/aromatic N) is 2. The Labute approximate surface area is 217 Å². The summed E-state index contributed by atoms with van der Waals surface area (Å²) in [4.78, 5) is 19.8. The summed E-state index contributed by atoms with van der Waals surface area (Å²) in [6.45, 7) is 5.69. The van der Waals surface area contributed by atoms with E-state index in [-0.39, 0.29) is 18.5 Å². The summed E-state index contributed by atoms with van der Waals surface area (Å²) in [5.74, 6) is -0.257. The third-order valence-corrected chi connectivity index (χ3v) is 6.35. The lowest BCUT2D eigenvalue weighted by Gasteiger charge is -2.14. The van der Waals surface area contributed by atoms with Crippen LogP contribution >= 0.6 is 0 Å². The predicted octanol–water partition coefficient (Wildman–Crippen LogP) is 5.03. The van der Waals surface area contributed by atoms with Crippen molar-refractivity contribution in [3.05, 3.63) is 94.8 Å². The van der Waals surface area contributed by atoms with E-state index in [0.717, 1.165) is 29.5 Å². The van der Waals surface area contributed by atoms with Gasteiger partial charge in [0.2, 0.25) is 0 Å². The fraction of sp³-hybridized carbons (Fsp3) is 0.300. The maximum atomic E-state index is 14.6. The molecule has 0 unspecified atom stereocenters. The molecule has 192 valence electrons. The van der Waals surface area contributed by atoms with E-state index in [4.69, 9.17) is 10.5 Å². The van der Waals surface area contributed by atoms with Gasteiger partial charge in [-0.3, -0.25) is 4.79 Å². The van der Waals surface area contributed by atoms with Crippen molar-refractivity contribution >= 4 is 18.1 Å². The molecule has 0 radical (unpaired) electrons. The molecular weight excluding hydrogens is 467 g/mol. The van der Waals surface area contributed by atoms with Crippen LogP contribution in [0.1, 0.15) is 43.0 Å². The molecule has 1 aliphatic carbocycles. The fourth-order valence-electron chi connectivity index (χ4n) is 4.20. The highest BCUT2D eigenvalue weighted by Gasteiger charge is 2.22. The van der Waals surface area contributed by atoms with Crippen LogP contribution in [0.25, 0.3) is 11.1 Å². The van der Waals surface area contributed by atoms with Gasteiger partial charge in [0, 0.05) is 23.7 Å². The molecule has 37 heavy (non-hydrogen) atoms. The molecule has 7 heteroatoms. The lowest BCUT2D eigenvalue weighted by atomic mass is 9.98. The van der Waals surface area contributed by atoms with Gasteiger partial charge in [-0.1, -0.05) is 54.6 Å². The number of halogens is 1. The van der Waals surface area contributed by atoms with Crippen LogP contribution in [0.2, 0.25) is 0 Å². The van der Waals surface area contributed by atoms with E-state index in [1.54, 1.807) is 26.8 Å². The Morgan fingerprint density at radius 2 is 1.70 bits per heavy atom. The van der Waals surface area contributed by atoms with Gasteiger partial charge in [-0.2, -0.15) is 0 Å². The molecule has 3 aromatic rings. The van der Waals surface area contributed by atoms with Gasteiger partial charge in [0.05, 0.1) is 5.41 Å². The van der Waals surface area contributed by atoms with Crippen LogP contribution in [0.15, 0.2) is 76.7 Å². The molecule has 0 atom stereocenters. The number of nitrogens with one attached hydrogen (secondary N) is 1. The molecule has 0 heterocycles. The summed E-state index contributed by atoms with van der Waals surface area (Å²) in [6, 6.07) is 21.5. The number of aliphatic imine (C=N–C) groups is 2. The molecule has 0 amide bonds. The van der Waals surface area contributed by atoms with Crippen LogP contribution < -0.4 is 11.1 Å². The van der Waals surface area contributed by atoms with Gasteiger partial charge in [0.15, 0.2) is 6.73 Å². The van der Waals surface area contributed by atoms with Gasteiger partial charge < -0.3 is 15.8 Å². The summed E-state index contributed by atoms with van der Waals surface area (Å²) in [6.07, 6.45) is 3.21. The molecule has 3 N–H and O–H groups in total. The molecule has 0 saturated heterocycles. The summed E-state index contributed by atoms with van der Waals surface area (Å²) in [5, 5.41) is 3.52. The number of hydrogen-bond donors (Lipinski definition) is 2. The molecule has 0 aromatic heterocycles. The Hall–Kier alpha value is -3.84. The number of esters is 1. The van der Waals surface area contributed by atoms with Gasteiger partial charge >= 0.3 is 5.97 Å². The molecule has 0 aliphatic heterocycles. The van der Waals surface area contributed by atoms with Crippen LogP contribution in [0, 0.1) is 11.2 Å². The number of fused-ring (bicyclic) bond motifs is 1. The maximum Gasteiger partial charge on any atom is 0.313 e. The van der Waals surface area contributed by atoms with Gasteiger partial charge in [-0.25, -0.2) is 14.4 Å². The van der Waals surface area contributed by atoms with Crippen molar-refractivity contribution in [3.63, 3.8) is 0 Å². The fourth-order valence-corrected chi connectivity index (χ4v) is 4.20. The first-order valence-corrected chi connectivity index (χ1v) is 12.4. The molecule has 0 saturated carbocycles. The summed E-state index contributed by atoms with van der Waals surface area (Å²) in [5.41, 5.74) is 11.5. The minimum Gasteiger partial charge on any atom is -0.442 e. The lowest BCUT2D eigenvalue weighted by molar-refractivity contribution is -0.152. The summed E-state index contributed by atoms with van der Waals surface area (Å²) < 4.78 is 19.6. The minimum atomic E-state index is -0.579. The number of hydrogen-bond acceptors (Lipinski definition) is 4. The number of carbonyl (C=O) groups excluding carboxylic acids is 1. The topological polar surface area (TPSA) is 89.1 Å². The van der Waals surface area contributed by atoms with Gasteiger partial charge in [-0.15, -0.1) is 0 Å². The van der Waals surface area contributed by atoms with Crippen molar-refractivity contribution in [2.24, 2.45) is 21.1 Å². The number of carbonyl (C=O) groups is 1. The van der Waals surface area contributed by atoms with Crippen molar-refractivity contribution in [3.8, 4) is 11.1 Å². The third-order valence-electron chi connectivity index (χ3n) is 6.35. The van der Waals surface area contributed by atoms with Gasteiger partial charge in [0.1, 0.15) is 18.0 Å². The number of rotatable bonds is 8. The quantitative estimate of drug-likeness (QED) is 0.258. The molecule has 4 rings (SSSR count). The van der Waals surface area contributed by atoms with Crippen LogP contribution in [0.4, 0.5) is 4.39 Å². The first-order valence-electron chi connectivity index (χ1n) is 12.4. The Bertz CT molecular complexity index is 1280. The molecule has 0 bridgehead atoms. The molecule has 3 aromatic carbocycles. The van der Waals surface area contributed by atoms with Crippen LogP contribution in [0.5, 0.6) is 0 Å². The first-order chi connectivity index (χ1) is 17.7. The number of benzene rings is 3. The second-order valence-corrected chi connectivity index (χ2v) is 10.3.